The first kappa shape index (κ1) is 29.0. The molecule has 1 aromatic heterocycles. The van der Waals surface area contributed by atoms with E-state index in [0.717, 1.165) is 32.8 Å². The maximum absolute atomic E-state index is 6.50. The molecule has 0 amide bonds. The molecule has 0 radical (unpaired) electrons. The number of aromatic nitrogens is 1. The Balaban J connectivity index is 1.14. The van der Waals surface area contributed by atoms with Crippen molar-refractivity contribution in [3.05, 3.63) is 210 Å². The molecule has 0 saturated heterocycles. The van der Waals surface area contributed by atoms with Crippen molar-refractivity contribution in [2.24, 2.45) is 0 Å². The van der Waals surface area contributed by atoms with E-state index < -0.39 is 5.41 Å². The van der Waals surface area contributed by atoms with Gasteiger partial charge in [-0.05, 0) is 102 Å². The highest BCUT2D eigenvalue weighted by molar-refractivity contribution is 6.18. The molecule has 0 N–H and O–H groups in total. The van der Waals surface area contributed by atoms with E-state index in [1.54, 1.807) is 0 Å². The summed E-state index contributed by atoms with van der Waals surface area (Å²) in [5, 5.41) is 7.11. The molecule has 52 heavy (non-hydrogen) atoms. The van der Waals surface area contributed by atoms with Gasteiger partial charge in [0.15, 0.2) is 5.58 Å². The van der Waals surface area contributed by atoms with Gasteiger partial charge in [0.25, 0.3) is 0 Å². The number of hydrogen-bond acceptors (Lipinski definition) is 2. The van der Waals surface area contributed by atoms with Crippen molar-refractivity contribution in [2.45, 2.75) is 5.41 Å². The predicted octanol–water partition coefficient (Wildman–Crippen LogP) is 13.0. The first-order valence-electron chi connectivity index (χ1n) is 17.9. The SMILES string of the molecule is c1ccc(-c2nc3ccc4ccc5cc(-c6ccc7c(c6)C(c6ccccc6)(c6ccccc6)c6c-7ccc7ccccc67)ccc5c4c3o2)cc1. The van der Waals surface area contributed by atoms with Gasteiger partial charge in [-0.3, -0.25) is 0 Å². The third kappa shape index (κ3) is 4.09. The molecular weight excluding hydrogens is 631 g/mol. The summed E-state index contributed by atoms with van der Waals surface area (Å²) in [6.45, 7) is 0. The molecule has 1 heterocycles. The van der Waals surface area contributed by atoms with Crippen molar-refractivity contribution >= 4 is 43.4 Å². The molecule has 242 valence electrons. The Bertz CT molecular complexity index is 2960. The highest BCUT2D eigenvalue weighted by Gasteiger charge is 2.47. The van der Waals surface area contributed by atoms with Crippen LogP contribution in [0.15, 0.2) is 192 Å². The summed E-state index contributed by atoms with van der Waals surface area (Å²) in [6, 6.07) is 68.3. The lowest BCUT2D eigenvalue weighted by atomic mass is 9.66. The average Bonchev–Trinajstić information content (AvgIpc) is 3.80. The first-order chi connectivity index (χ1) is 25.8. The fourth-order valence-electron chi connectivity index (χ4n) is 8.86. The second-order valence-corrected chi connectivity index (χ2v) is 13.9. The number of nitrogens with zero attached hydrogens (tertiary/aromatic N) is 1. The lowest BCUT2D eigenvalue weighted by Gasteiger charge is -2.35. The minimum atomic E-state index is -0.495. The Kier molecular flexibility index (Phi) is 6.20. The van der Waals surface area contributed by atoms with Gasteiger partial charge in [0.2, 0.25) is 5.89 Å². The van der Waals surface area contributed by atoms with E-state index in [1.165, 1.54) is 60.7 Å². The van der Waals surface area contributed by atoms with E-state index >= 15 is 0 Å². The first-order valence-corrected chi connectivity index (χ1v) is 17.9. The molecule has 9 aromatic carbocycles. The Morgan fingerprint density at radius 3 is 1.83 bits per heavy atom. The van der Waals surface area contributed by atoms with Crippen molar-refractivity contribution in [3.63, 3.8) is 0 Å². The van der Waals surface area contributed by atoms with Gasteiger partial charge in [0, 0.05) is 10.9 Å². The van der Waals surface area contributed by atoms with Gasteiger partial charge in [0.05, 0.1) is 5.41 Å². The molecule has 0 fully saturated rings. The van der Waals surface area contributed by atoms with E-state index in [4.69, 9.17) is 9.40 Å². The molecule has 0 bridgehead atoms. The topological polar surface area (TPSA) is 26.0 Å². The molecule has 0 saturated carbocycles. The fourth-order valence-corrected chi connectivity index (χ4v) is 8.86. The van der Waals surface area contributed by atoms with Gasteiger partial charge in [-0.15, -0.1) is 0 Å². The van der Waals surface area contributed by atoms with Gasteiger partial charge in [0.1, 0.15) is 5.52 Å². The average molecular weight is 662 g/mol. The van der Waals surface area contributed by atoms with Crippen LogP contribution >= 0.6 is 0 Å². The number of fused-ring (bicyclic) bond motifs is 10. The van der Waals surface area contributed by atoms with Crippen LogP contribution in [-0.4, -0.2) is 4.98 Å². The van der Waals surface area contributed by atoms with Gasteiger partial charge >= 0.3 is 0 Å². The Labute approximate surface area is 301 Å². The van der Waals surface area contributed by atoms with Crippen molar-refractivity contribution < 1.29 is 4.42 Å². The number of oxazole rings is 1. The highest BCUT2D eigenvalue weighted by Crippen LogP contribution is 2.58. The van der Waals surface area contributed by atoms with E-state index in [2.05, 4.69) is 158 Å². The van der Waals surface area contributed by atoms with E-state index in [-0.39, 0.29) is 0 Å². The minimum Gasteiger partial charge on any atom is -0.435 e. The van der Waals surface area contributed by atoms with Gasteiger partial charge in [-0.2, -0.15) is 0 Å². The van der Waals surface area contributed by atoms with E-state index in [1.807, 2.05) is 30.3 Å². The molecule has 0 aliphatic heterocycles. The molecule has 10 aromatic rings. The Hall–Kier alpha value is -6.77. The van der Waals surface area contributed by atoms with Crippen LogP contribution in [0.1, 0.15) is 22.3 Å². The Morgan fingerprint density at radius 2 is 1.04 bits per heavy atom. The van der Waals surface area contributed by atoms with Crippen molar-refractivity contribution in [1.29, 1.82) is 0 Å². The maximum atomic E-state index is 6.50. The van der Waals surface area contributed by atoms with E-state index in [0.29, 0.717) is 5.89 Å². The molecule has 2 heteroatoms. The van der Waals surface area contributed by atoms with Crippen LogP contribution in [0, 0.1) is 0 Å². The van der Waals surface area contributed by atoms with Crippen LogP contribution in [0.2, 0.25) is 0 Å². The number of hydrogen-bond donors (Lipinski definition) is 0. The van der Waals surface area contributed by atoms with Crippen LogP contribution < -0.4 is 0 Å². The lowest BCUT2D eigenvalue weighted by Crippen LogP contribution is -2.28. The Morgan fingerprint density at radius 1 is 0.423 bits per heavy atom. The van der Waals surface area contributed by atoms with Crippen LogP contribution in [0.4, 0.5) is 0 Å². The monoisotopic (exact) mass is 661 g/mol. The zero-order chi connectivity index (χ0) is 34.2. The summed E-state index contributed by atoms with van der Waals surface area (Å²) in [4.78, 5) is 4.87. The van der Waals surface area contributed by atoms with Crippen molar-refractivity contribution in [2.75, 3.05) is 0 Å². The van der Waals surface area contributed by atoms with Gasteiger partial charge < -0.3 is 4.42 Å². The maximum Gasteiger partial charge on any atom is 0.227 e. The highest BCUT2D eigenvalue weighted by atomic mass is 16.3. The van der Waals surface area contributed by atoms with Crippen LogP contribution in [0.3, 0.4) is 0 Å². The second kappa shape index (κ2) is 11.1. The summed E-state index contributed by atoms with van der Waals surface area (Å²) in [7, 11) is 0. The quantitative estimate of drug-likeness (QED) is 0.175. The molecule has 2 nitrogen and oxygen atoms in total. The third-order valence-electron chi connectivity index (χ3n) is 11.1. The smallest absolute Gasteiger partial charge is 0.227 e. The van der Waals surface area contributed by atoms with Crippen LogP contribution in [0.5, 0.6) is 0 Å². The normalized spacial score (nSPS) is 13.2. The standard InChI is InChI=1S/C50H31NO/c1-4-13-34(14-5-1)49-51-45-29-25-33-20-21-37-30-35(23-26-40(37)46(33)48(45)52-49)36-24-27-42-43-28-22-32-12-10-11-19-41(32)47(43)50(44(42)31-36,38-15-6-2-7-16-38)39-17-8-3-9-18-39/h1-31H. The largest absolute Gasteiger partial charge is 0.435 e. The lowest BCUT2D eigenvalue weighted by molar-refractivity contribution is 0.623. The number of rotatable bonds is 4. The van der Waals surface area contributed by atoms with Crippen LogP contribution in [-0.2, 0) is 5.41 Å². The minimum absolute atomic E-state index is 0.495. The van der Waals surface area contributed by atoms with Crippen LogP contribution in [0.25, 0.3) is 77.1 Å². The predicted molar refractivity (Wildman–Crippen MR) is 215 cm³/mol. The zero-order valence-electron chi connectivity index (χ0n) is 28.3. The summed E-state index contributed by atoms with van der Waals surface area (Å²) in [5.41, 5.74) is 12.3. The molecule has 0 unspecified atom stereocenters. The van der Waals surface area contributed by atoms with E-state index in [9.17, 15) is 0 Å². The molecule has 1 aliphatic rings. The second-order valence-electron chi connectivity index (χ2n) is 13.9. The van der Waals surface area contributed by atoms with Crippen molar-refractivity contribution in [3.8, 4) is 33.7 Å². The summed E-state index contributed by atoms with van der Waals surface area (Å²) >= 11 is 0. The van der Waals surface area contributed by atoms with Crippen molar-refractivity contribution in [1.82, 2.24) is 4.98 Å². The van der Waals surface area contributed by atoms with Gasteiger partial charge in [-0.1, -0.05) is 158 Å². The summed E-state index contributed by atoms with van der Waals surface area (Å²) in [5.74, 6) is 0.643. The summed E-state index contributed by atoms with van der Waals surface area (Å²) < 4.78 is 6.50. The fraction of sp³-hybridized carbons (Fsp3) is 0.0200. The molecule has 0 atom stereocenters. The zero-order valence-corrected chi connectivity index (χ0v) is 28.3. The molecular formula is C50H31NO. The molecule has 11 rings (SSSR count). The molecule has 1 aliphatic carbocycles. The number of benzene rings is 9. The van der Waals surface area contributed by atoms with Gasteiger partial charge in [-0.25, -0.2) is 4.98 Å². The third-order valence-corrected chi connectivity index (χ3v) is 11.1. The molecule has 0 spiro atoms. The summed E-state index contributed by atoms with van der Waals surface area (Å²) in [6.07, 6.45) is 0.